The molecule has 38 heavy (non-hydrogen) atoms. The van der Waals surface area contributed by atoms with Crippen molar-refractivity contribution < 1.29 is 28.3 Å². The second-order valence-corrected chi connectivity index (χ2v) is 9.74. The number of nitrogens with zero attached hydrogens (tertiary/aromatic N) is 2. The molecule has 2 N–H and O–H groups in total. The fourth-order valence-corrected chi connectivity index (χ4v) is 5.36. The maximum Gasteiger partial charge on any atom is 0.319 e. The first kappa shape index (κ1) is 25.6. The van der Waals surface area contributed by atoms with Crippen LogP contribution in [-0.4, -0.2) is 65.8 Å². The Labute approximate surface area is 220 Å². The summed E-state index contributed by atoms with van der Waals surface area (Å²) in [5.41, 5.74) is 0.430. The van der Waals surface area contributed by atoms with Crippen LogP contribution in [0, 0.1) is 5.92 Å². The Kier molecular flexibility index (Phi) is 7.00. The van der Waals surface area contributed by atoms with Gasteiger partial charge in [-0.2, -0.15) is 0 Å². The Hall–Kier alpha value is -4.02. The first-order valence-corrected chi connectivity index (χ1v) is 12.5. The number of ether oxygens (including phenoxy) is 1. The van der Waals surface area contributed by atoms with Crippen LogP contribution in [0.4, 0.5) is 4.79 Å². The topological polar surface area (TPSA) is 121 Å². The molecule has 10 heteroatoms. The zero-order valence-corrected chi connectivity index (χ0v) is 21.3. The number of Topliss-reactive ketones (excluding diaryl/α,β-unsaturated/α-hetero) is 2. The molecule has 3 aliphatic rings. The predicted molar refractivity (Wildman–Crippen MR) is 136 cm³/mol. The Morgan fingerprint density at radius 3 is 2.66 bits per heavy atom. The van der Waals surface area contributed by atoms with E-state index in [1.54, 1.807) is 28.2 Å². The molecular formula is C28H30N4O6. The highest BCUT2D eigenvalue weighted by Gasteiger charge is 2.58. The van der Waals surface area contributed by atoms with E-state index < -0.39 is 17.6 Å². The Morgan fingerprint density at radius 1 is 1.16 bits per heavy atom. The molecule has 5 rings (SSSR count). The van der Waals surface area contributed by atoms with E-state index in [9.17, 15) is 19.2 Å². The van der Waals surface area contributed by atoms with Gasteiger partial charge in [-0.25, -0.2) is 4.79 Å². The van der Waals surface area contributed by atoms with E-state index in [-0.39, 0.29) is 55.5 Å². The van der Waals surface area contributed by atoms with Crippen LogP contribution in [0.2, 0.25) is 0 Å². The van der Waals surface area contributed by atoms with Gasteiger partial charge in [0.1, 0.15) is 12.5 Å². The molecule has 2 heterocycles. The summed E-state index contributed by atoms with van der Waals surface area (Å²) in [6.45, 7) is 2.61. The van der Waals surface area contributed by atoms with E-state index in [0.717, 1.165) is 5.56 Å². The minimum Gasteiger partial charge on any atom is -0.467 e. The molecule has 2 aromatic rings. The normalized spacial score (nSPS) is 23.6. The second kappa shape index (κ2) is 10.4. The molecule has 1 spiro atoms. The van der Waals surface area contributed by atoms with Crippen molar-refractivity contribution in [3.8, 4) is 0 Å². The predicted octanol–water partition coefficient (Wildman–Crippen LogP) is 2.31. The van der Waals surface area contributed by atoms with Gasteiger partial charge in [0.25, 0.3) is 0 Å². The number of hydrogen-bond acceptors (Lipinski definition) is 7. The quantitative estimate of drug-likeness (QED) is 0.577. The summed E-state index contributed by atoms with van der Waals surface area (Å²) in [5, 5.41) is 4.92. The standard InChI is InChI=1S/C28H30N4O6/c1-18(23-9-6-12-37-23)32(14-19-7-4-3-5-8-19)25(34)15-31-16-28(38-17-31)21-10-11-22(30-27(36)29-2)26(35)20(21)13-24(28)33/h3-12,18,20H,13-17H2,1-2H3,(H2,29,30,36)/t18?,20?,28-/m0/s1. The number of benzene rings is 1. The van der Waals surface area contributed by atoms with Gasteiger partial charge in [0.2, 0.25) is 5.91 Å². The number of urea groups is 1. The molecule has 3 amide bonds. The Morgan fingerprint density at radius 2 is 1.95 bits per heavy atom. The van der Waals surface area contributed by atoms with Gasteiger partial charge in [0.05, 0.1) is 30.5 Å². The average Bonchev–Trinajstić information content (AvgIpc) is 3.66. The van der Waals surface area contributed by atoms with Crippen molar-refractivity contribution in [2.75, 3.05) is 26.9 Å². The van der Waals surface area contributed by atoms with Crippen LogP contribution in [0.25, 0.3) is 0 Å². The number of carbonyl (C=O) groups excluding carboxylic acids is 4. The van der Waals surface area contributed by atoms with Crippen molar-refractivity contribution in [2.24, 2.45) is 5.92 Å². The summed E-state index contributed by atoms with van der Waals surface area (Å²) >= 11 is 0. The van der Waals surface area contributed by atoms with Crippen molar-refractivity contribution in [3.63, 3.8) is 0 Å². The molecule has 0 radical (unpaired) electrons. The van der Waals surface area contributed by atoms with Crippen LogP contribution < -0.4 is 10.6 Å². The number of fused-ring (bicyclic) bond motifs is 2. The number of nitrogens with one attached hydrogen (secondary N) is 2. The number of ketones is 2. The van der Waals surface area contributed by atoms with Gasteiger partial charge in [-0.15, -0.1) is 0 Å². The highest BCUT2D eigenvalue weighted by molar-refractivity contribution is 6.10. The number of allylic oxidation sites excluding steroid dienone is 3. The van der Waals surface area contributed by atoms with Crippen LogP contribution in [0.3, 0.4) is 0 Å². The molecule has 10 nitrogen and oxygen atoms in total. The van der Waals surface area contributed by atoms with Gasteiger partial charge >= 0.3 is 6.03 Å². The lowest BCUT2D eigenvalue weighted by Gasteiger charge is -2.30. The highest BCUT2D eigenvalue weighted by atomic mass is 16.5. The average molecular weight is 519 g/mol. The number of carbonyl (C=O) groups is 4. The number of hydrogen-bond donors (Lipinski definition) is 2. The lowest BCUT2D eigenvalue weighted by atomic mass is 9.85. The third-order valence-electron chi connectivity index (χ3n) is 7.41. The van der Waals surface area contributed by atoms with E-state index >= 15 is 0 Å². The van der Waals surface area contributed by atoms with Crippen LogP contribution in [0.5, 0.6) is 0 Å². The zero-order chi connectivity index (χ0) is 26.9. The third-order valence-corrected chi connectivity index (χ3v) is 7.41. The monoisotopic (exact) mass is 518 g/mol. The van der Waals surface area contributed by atoms with Gasteiger partial charge in [-0.05, 0) is 36.3 Å². The summed E-state index contributed by atoms with van der Waals surface area (Å²) < 4.78 is 11.6. The summed E-state index contributed by atoms with van der Waals surface area (Å²) in [5.74, 6) is -0.668. The Balaban J connectivity index is 1.33. The number of furan rings is 1. The van der Waals surface area contributed by atoms with E-state index in [1.165, 1.54) is 13.1 Å². The molecule has 2 unspecified atom stereocenters. The molecule has 1 aromatic carbocycles. The third kappa shape index (κ3) is 4.68. The minimum atomic E-state index is -1.27. The molecule has 2 fully saturated rings. The van der Waals surface area contributed by atoms with E-state index in [2.05, 4.69) is 10.6 Å². The molecule has 3 atom stereocenters. The van der Waals surface area contributed by atoms with Crippen LogP contribution in [-0.2, 0) is 25.7 Å². The van der Waals surface area contributed by atoms with Crippen LogP contribution in [0.15, 0.2) is 76.6 Å². The van der Waals surface area contributed by atoms with Crippen LogP contribution >= 0.6 is 0 Å². The molecular weight excluding hydrogens is 488 g/mol. The fraction of sp³-hybridized carbons (Fsp3) is 0.357. The van der Waals surface area contributed by atoms with E-state index in [4.69, 9.17) is 9.15 Å². The van der Waals surface area contributed by atoms with Gasteiger partial charge in [0, 0.05) is 26.6 Å². The molecule has 1 aliphatic heterocycles. The van der Waals surface area contributed by atoms with Gasteiger partial charge in [0.15, 0.2) is 17.2 Å². The van der Waals surface area contributed by atoms with Gasteiger partial charge < -0.3 is 24.7 Å². The molecule has 1 aromatic heterocycles. The fourth-order valence-electron chi connectivity index (χ4n) is 5.36. The SMILES string of the molecule is CNC(=O)NC1=CC=C2C(CC(=O)[C@]23CN(CC(=O)N(Cc2ccccc2)C(C)c2ccco2)CO3)C1=O. The lowest BCUT2D eigenvalue weighted by Crippen LogP contribution is -2.45. The van der Waals surface area contributed by atoms with Crippen molar-refractivity contribution in [3.05, 3.63) is 83.5 Å². The number of amides is 3. The highest BCUT2D eigenvalue weighted by Crippen LogP contribution is 2.45. The van der Waals surface area contributed by atoms with Crippen molar-refractivity contribution in [2.45, 2.75) is 31.5 Å². The van der Waals surface area contributed by atoms with Gasteiger partial charge in [-0.1, -0.05) is 36.4 Å². The Bertz CT molecular complexity index is 1300. The first-order valence-electron chi connectivity index (χ1n) is 12.5. The lowest BCUT2D eigenvalue weighted by molar-refractivity contribution is -0.135. The molecule has 1 saturated heterocycles. The summed E-state index contributed by atoms with van der Waals surface area (Å²) in [6, 6.07) is 12.5. The van der Waals surface area contributed by atoms with Crippen molar-refractivity contribution in [1.29, 1.82) is 0 Å². The smallest absolute Gasteiger partial charge is 0.319 e. The maximum absolute atomic E-state index is 13.6. The van der Waals surface area contributed by atoms with Crippen LogP contribution in [0.1, 0.15) is 30.7 Å². The molecule has 2 aliphatic carbocycles. The zero-order valence-electron chi connectivity index (χ0n) is 21.3. The van der Waals surface area contributed by atoms with Crippen molar-refractivity contribution >= 4 is 23.5 Å². The first-order chi connectivity index (χ1) is 18.3. The second-order valence-electron chi connectivity index (χ2n) is 9.74. The van der Waals surface area contributed by atoms with E-state index in [1.807, 2.05) is 43.3 Å². The van der Waals surface area contributed by atoms with Gasteiger partial charge in [-0.3, -0.25) is 19.3 Å². The van der Waals surface area contributed by atoms with Crippen molar-refractivity contribution in [1.82, 2.24) is 20.4 Å². The molecule has 1 saturated carbocycles. The minimum absolute atomic E-state index is 0.00508. The maximum atomic E-state index is 13.6. The van der Waals surface area contributed by atoms with E-state index in [0.29, 0.717) is 17.9 Å². The summed E-state index contributed by atoms with van der Waals surface area (Å²) in [6.07, 6.45) is 4.77. The molecule has 0 bridgehead atoms. The number of rotatable bonds is 7. The summed E-state index contributed by atoms with van der Waals surface area (Å²) in [4.78, 5) is 55.1. The molecule has 198 valence electrons. The largest absolute Gasteiger partial charge is 0.467 e. The summed E-state index contributed by atoms with van der Waals surface area (Å²) in [7, 11) is 1.46.